The molecule has 13 heavy (non-hydrogen) atoms. The molecule has 2 nitrogen and oxygen atoms in total. The topological polar surface area (TPSA) is 46.2 Å². The minimum Gasteiger partial charge on any atom is -0.392 e. The summed E-state index contributed by atoms with van der Waals surface area (Å²) in [7, 11) is 0. The summed E-state index contributed by atoms with van der Waals surface area (Å²) in [5, 5.41) is 9.90. The molecule has 0 aromatic heterocycles. The number of nitrogens with two attached hydrogens (primary N) is 1. The maximum absolute atomic E-state index is 9.90. The molecule has 1 saturated carbocycles. The quantitative estimate of drug-likeness (QED) is 0.630. The van der Waals surface area contributed by atoms with Gasteiger partial charge in [-0.15, -0.1) is 11.8 Å². The lowest BCUT2D eigenvalue weighted by atomic mass is 9.70. The first-order valence-corrected chi connectivity index (χ1v) is 5.03. The van der Waals surface area contributed by atoms with Crippen LogP contribution in [-0.4, -0.2) is 17.8 Å². The van der Waals surface area contributed by atoms with Crippen molar-refractivity contribution in [2.45, 2.75) is 45.1 Å². The van der Waals surface area contributed by atoms with Crippen LogP contribution in [0.15, 0.2) is 0 Å². The predicted octanol–water partition coefficient (Wildman–Crippen LogP) is 1.28. The van der Waals surface area contributed by atoms with Crippen molar-refractivity contribution >= 4 is 0 Å². The lowest BCUT2D eigenvalue weighted by Gasteiger charge is -2.39. The third-order valence-electron chi connectivity index (χ3n) is 3.13. The molecule has 1 aliphatic carbocycles. The van der Waals surface area contributed by atoms with Gasteiger partial charge in [0.2, 0.25) is 0 Å². The Bertz CT molecular complexity index is 216. The summed E-state index contributed by atoms with van der Waals surface area (Å²) in [6, 6.07) is 0. The number of rotatable bonds is 2. The molecular formula is C11H19NO. The van der Waals surface area contributed by atoms with Gasteiger partial charge in [0, 0.05) is 18.4 Å². The Morgan fingerprint density at radius 1 is 1.54 bits per heavy atom. The Morgan fingerprint density at radius 2 is 2.31 bits per heavy atom. The van der Waals surface area contributed by atoms with Crippen molar-refractivity contribution in [2.75, 3.05) is 6.54 Å². The fraction of sp³-hybridized carbons (Fsp3) is 0.818. The van der Waals surface area contributed by atoms with Crippen LogP contribution in [0.5, 0.6) is 0 Å². The average Bonchev–Trinajstić information content (AvgIpc) is 2.17. The van der Waals surface area contributed by atoms with E-state index in [1.54, 1.807) is 0 Å². The van der Waals surface area contributed by atoms with Gasteiger partial charge in [-0.25, -0.2) is 0 Å². The van der Waals surface area contributed by atoms with Gasteiger partial charge in [0.05, 0.1) is 6.10 Å². The summed E-state index contributed by atoms with van der Waals surface area (Å²) in [5.41, 5.74) is 5.63. The lowest BCUT2D eigenvalue weighted by Crippen LogP contribution is -2.43. The molecule has 1 aliphatic rings. The van der Waals surface area contributed by atoms with Gasteiger partial charge in [0.25, 0.3) is 0 Å². The van der Waals surface area contributed by atoms with Crippen molar-refractivity contribution in [3.8, 4) is 11.8 Å². The van der Waals surface area contributed by atoms with Crippen molar-refractivity contribution in [3.05, 3.63) is 0 Å². The number of hydrogen-bond donors (Lipinski definition) is 2. The molecule has 0 heterocycles. The van der Waals surface area contributed by atoms with E-state index in [1.807, 2.05) is 6.92 Å². The third kappa shape index (κ3) is 2.24. The molecule has 0 aliphatic heterocycles. The molecule has 0 radical (unpaired) electrons. The van der Waals surface area contributed by atoms with Gasteiger partial charge in [-0.3, -0.25) is 0 Å². The third-order valence-corrected chi connectivity index (χ3v) is 3.13. The van der Waals surface area contributed by atoms with Crippen molar-refractivity contribution in [1.82, 2.24) is 0 Å². The summed E-state index contributed by atoms with van der Waals surface area (Å²) in [6.45, 7) is 2.39. The van der Waals surface area contributed by atoms with E-state index in [1.165, 1.54) is 6.42 Å². The maximum Gasteiger partial charge on any atom is 0.0617 e. The van der Waals surface area contributed by atoms with Crippen molar-refractivity contribution in [1.29, 1.82) is 0 Å². The van der Waals surface area contributed by atoms with Crippen LogP contribution >= 0.6 is 0 Å². The van der Waals surface area contributed by atoms with Gasteiger partial charge >= 0.3 is 0 Å². The minimum atomic E-state index is -0.243. The Hall–Kier alpha value is -0.520. The largest absolute Gasteiger partial charge is 0.392 e. The number of hydrogen-bond acceptors (Lipinski definition) is 2. The number of aliphatic hydroxyl groups is 1. The highest BCUT2D eigenvalue weighted by Gasteiger charge is 2.37. The summed E-state index contributed by atoms with van der Waals surface area (Å²) >= 11 is 0. The molecule has 2 heteroatoms. The zero-order valence-corrected chi connectivity index (χ0v) is 8.34. The molecule has 0 spiro atoms. The SMILES string of the molecule is CC#CCC1(CN)CCCCC1O. The smallest absolute Gasteiger partial charge is 0.0617 e. The second-order valence-electron chi connectivity index (χ2n) is 3.93. The fourth-order valence-corrected chi connectivity index (χ4v) is 2.07. The first-order chi connectivity index (χ1) is 6.25. The molecule has 2 unspecified atom stereocenters. The molecule has 74 valence electrons. The standard InChI is InChI=1S/C11H19NO/c1-2-3-7-11(9-12)8-5-4-6-10(11)13/h10,13H,4-9,12H2,1H3. The van der Waals surface area contributed by atoms with Crippen LogP contribution in [-0.2, 0) is 0 Å². The van der Waals surface area contributed by atoms with E-state index in [4.69, 9.17) is 5.73 Å². The molecule has 1 rings (SSSR count). The van der Waals surface area contributed by atoms with Crippen LogP contribution in [0.4, 0.5) is 0 Å². The summed E-state index contributed by atoms with van der Waals surface area (Å²) < 4.78 is 0. The van der Waals surface area contributed by atoms with Crippen LogP contribution in [0.2, 0.25) is 0 Å². The Morgan fingerprint density at radius 3 is 2.85 bits per heavy atom. The van der Waals surface area contributed by atoms with Gasteiger partial charge in [0.15, 0.2) is 0 Å². The Balaban J connectivity index is 2.67. The van der Waals surface area contributed by atoms with E-state index in [-0.39, 0.29) is 11.5 Å². The molecular weight excluding hydrogens is 162 g/mol. The molecule has 2 atom stereocenters. The van der Waals surface area contributed by atoms with Gasteiger partial charge in [-0.05, 0) is 19.8 Å². The van der Waals surface area contributed by atoms with E-state index in [2.05, 4.69) is 11.8 Å². The zero-order valence-electron chi connectivity index (χ0n) is 8.34. The number of aliphatic hydroxyl groups excluding tert-OH is 1. The lowest BCUT2D eigenvalue weighted by molar-refractivity contribution is -0.00263. The Labute approximate surface area is 80.5 Å². The van der Waals surface area contributed by atoms with Gasteiger partial charge in [-0.2, -0.15) is 0 Å². The summed E-state index contributed by atoms with van der Waals surface area (Å²) in [5.74, 6) is 5.93. The van der Waals surface area contributed by atoms with E-state index < -0.39 is 0 Å². The molecule has 0 aromatic carbocycles. The second-order valence-corrected chi connectivity index (χ2v) is 3.93. The van der Waals surface area contributed by atoms with Gasteiger partial charge in [0.1, 0.15) is 0 Å². The molecule has 0 saturated heterocycles. The van der Waals surface area contributed by atoms with Crippen LogP contribution < -0.4 is 5.73 Å². The normalized spacial score (nSPS) is 33.6. The van der Waals surface area contributed by atoms with E-state index in [0.717, 1.165) is 25.7 Å². The second kappa shape index (κ2) is 4.64. The average molecular weight is 181 g/mol. The highest BCUT2D eigenvalue weighted by atomic mass is 16.3. The molecule has 3 N–H and O–H groups in total. The van der Waals surface area contributed by atoms with Crippen molar-refractivity contribution < 1.29 is 5.11 Å². The van der Waals surface area contributed by atoms with Crippen LogP contribution in [0.1, 0.15) is 39.0 Å². The first kappa shape index (κ1) is 10.6. The first-order valence-electron chi connectivity index (χ1n) is 5.03. The predicted molar refractivity (Wildman–Crippen MR) is 54.0 cm³/mol. The van der Waals surface area contributed by atoms with Crippen molar-refractivity contribution in [3.63, 3.8) is 0 Å². The van der Waals surface area contributed by atoms with Gasteiger partial charge < -0.3 is 10.8 Å². The maximum atomic E-state index is 9.90. The summed E-state index contributed by atoms with van der Waals surface area (Å²) in [4.78, 5) is 0. The molecule has 0 aromatic rings. The van der Waals surface area contributed by atoms with Crippen molar-refractivity contribution in [2.24, 2.45) is 11.1 Å². The molecule has 1 fully saturated rings. The van der Waals surface area contributed by atoms with Crippen LogP contribution in [0.25, 0.3) is 0 Å². The highest BCUT2D eigenvalue weighted by Crippen LogP contribution is 2.38. The monoisotopic (exact) mass is 181 g/mol. The fourth-order valence-electron chi connectivity index (χ4n) is 2.07. The summed E-state index contributed by atoms with van der Waals surface area (Å²) in [6.07, 6.45) is 4.73. The minimum absolute atomic E-state index is 0.110. The highest BCUT2D eigenvalue weighted by molar-refractivity contribution is 5.04. The van der Waals surface area contributed by atoms with E-state index in [9.17, 15) is 5.11 Å². The van der Waals surface area contributed by atoms with Crippen LogP contribution in [0, 0.1) is 17.3 Å². The van der Waals surface area contributed by atoms with E-state index >= 15 is 0 Å². The Kier molecular flexibility index (Phi) is 3.77. The van der Waals surface area contributed by atoms with Gasteiger partial charge in [-0.1, -0.05) is 12.8 Å². The van der Waals surface area contributed by atoms with E-state index in [0.29, 0.717) is 6.54 Å². The van der Waals surface area contributed by atoms with Crippen LogP contribution in [0.3, 0.4) is 0 Å². The molecule has 0 amide bonds. The zero-order chi connectivity index (χ0) is 9.73. The molecule has 0 bridgehead atoms.